The van der Waals surface area contributed by atoms with Gasteiger partial charge >= 0.3 is 0 Å². The van der Waals surface area contributed by atoms with Gasteiger partial charge in [-0.2, -0.15) is 5.10 Å². The van der Waals surface area contributed by atoms with Crippen LogP contribution in [0.3, 0.4) is 0 Å². The van der Waals surface area contributed by atoms with Gasteiger partial charge in [0, 0.05) is 21.4 Å². The summed E-state index contributed by atoms with van der Waals surface area (Å²) in [7, 11) is 2.13. The van der Waals surface area contributed by atoms with Crippen LogP contribution in [0.4, 0.5) is 4.39 Å². The van der Waals surface area contributed by atoms with Crippen LogP contribution in [0, 0.1) is 5.82 Å². The summed E-state index contributed by atoms with van der Waals surface area (Å²) in [4.78, 5) is 2.32. The molecule has 154 valence electrons. The first-order chi connectivity index (χ1) is 13.9. The zero-order valence-electron chi connectivity index (χ0n) is 16.5. The average Bonchev–Trinajstić information content (AvgIpc) is 3.08. The fraction of sp³-hybridized carbons (Fsp3) is 0.409. The third-order valence-electron chi connectivity index (χ3n) is 6.07. The van der Waals surface area contributed by atoms with Crippen molar-refractivity contribution in [1.82, 2.24) is 15.1 Å². The van der Waals surface area contributed by atoms with Gasteiger partial charge in [0.05, 0.1) is 18.2 Å². The number of ether oxygens (including phenoxy) is 1. The number of rotatable bonds is 5. The standard InChI is InChI=1S/C22H24Cl2FN3O/c1-14(18-11-16(23)12-19-20(18)26-27-21(19)24)29-13-22(7-9-28(2)10-8-22)15-3-5-17(25)6-4-15/h3-6,11-12,14H,7-10,13H2,1-2H3,(H,26,27). The van der Waals surface area contributed by atoms with E-state index in [0.717, 1.165) is 48.0 Å². The molecule has 1 atom stereocenters. The molecule has 7 heteroatoms. The summed E-state index contributed by atoms with van der Waals surface area (Å²) >= 11 is 12.5. The maximum atomic E-state index is 13.5. The van der Waals surface area contributed by atoms with Gasteiger partial charge in [-0.15, -0.1) is 0 Å². The minimum atomic E-state index is -0.219. The van der Waals surface area contributed by atoms with Crippen LogP contribution >= 0.6 is 23.2 Å². The first kappa shape index (κ1) is 20.6. The third kappa shape index (κ3) is 4.15. The zero-order valence-corrected chi connectivity index (χ0v) is 18.0. The van der Waals surface area contributed by atoms with Crippen LogP contribution in [-0.4, -0.2) is 41.8 Å². The van der Waals surface area contributed by atoms with E-state index in [1.165, 1.54) is 12.1 Å². The summed E-state index contributed by atoms with van der Waals surface area (Å²) < 4.78 is 19.9. The molecule has 2 heterocycles. The topological polar surface area (TPSA) is 41.1 Å². The monoisotopic (exact) mass is 435 g/mol. The molecule has 1 saturated heterocycles. The van der Waals surface area contributed by atoms with Crippen molar-refractivity contribution in [3.8, 4) is 0 Å². The number of nitrogens with zero attached hydrogens (tertiary/aromatic N) is 2. The van der Waals surface area contributed by atoms with Gasteiger partial charge in [0.15, 0.2) is 5.15 Å². The lowest BCUT2D eigenvalue weighted by Gasteiger charge is -2.41. The second-order valence-electron chi connectivity index (χ2n) is 7.98. The highest BCUT2D eigenvalue weighted by atomic mass is 35.5. The molecule has 0 saturated carbocycles. The quantitative estimate of drug-likeness (QED) is 0.554. The van der Waals surface area contributed by atoms with Crippen LogP contribution in [0.5, 0.6) is 0 Å². The first-order valence-corrected chi connectivity index (χ1v) is 10.5. The number of aromatic nitrogens is 2. The number of piperidine rings is 1. The van der Waals surface area contributed by atoms with E-state index in [1.807, 2.05) is 25.1 Å². The Bertz CT molecular complexity index is 997. The smallest absolute Gasteiger partial charge is 0.158 e. The van der Waals surface area contributed by atoms with E-state index in [0.29, 0.717) is 16.8 Å². The van der Waals surface area contributed by atoms with Gasteiger partial charge in [0.2, 0.25) is 0 Å². The maximum absolute atomic E-state index is 13.5. The SMILES string of the molecule is CC(OCC1(c2ccc(F)cc2)CCN(C)CC1)c1cc(Cl)cc2c(Cl)n[nH]c12. The molecule has 0 radical (unpaired) electrons. The lowest BCUT2D eigenvalue weighted by Crippen LogP contribution is -2.44. The Kier molecular flexibility index (Phi) is 5.85. The Morgan fingerprint density at radius 2 is 1.90 bits per heavy atom. The molecule has 3 aromatic rings. The number of hydrogen-bond donors (Lipinski definition) is 1. The number of nitrogens with one attached hydrogen (secondary N) is 1. The number of benzene rings is 2. The summed E-state index contributed by atoms with van der Waals surface area (Å²) in [5.41, 5.74) is 2.75. The lowest BCUT2D eigenvalue weighted by atomic mass is 9.73. The van der Waals surface area contributed by atoms with E-state index in [9.17, 15) is 4.39 Å². The summed E-state index contributed by atoms with van der Waals surface area (Å²) in [5.74, 6) is -0.219. The van der Waals surface area contributed by atoms with Crippen molar-refractivity contribution in [3.63, 3.8) is 0 Å². The fourth-order valence-corrected chi connectivity index (χ4v) is 4.56. The van der Waals surface area contributed by atoms with Gasteiger partial charge < -0.3 is 9.64 Å². The summed E-state index contributed by atoms with van der Waals surface area (Å²) in [6, 6.07) is 10.5. The van der Waals surface area contributed by atoms with Crippen molar-refractivity contribution in [2.24, 2.45) is 0 Å². The first-order valence-electron chi connectivity index (χ1n) is 9.77. The predicted octanol–water partition coefficient (Wildman–Crippen LogP) is 5.75. The van der Waals surface area contributed by atoms with E-state index in [-0.39, 0.29) is 17.3 Å². The Morgan fingerprint density at radius 3 is 2.59 bits per heavy atom. The van der Waals surface area contributed by atoms with Crippen LogP contribution < -0.4 is 0 Å². The number of aromatic amines is 1. The number of hydrogen-bond acceptors (Lipinski definition) is 3. The molecule has 0 spiro atoms. The summed E-state index contributed by atoms with van der Waals surface area (Å²) in [5, 5.41) is 8.86. The largest absolute Gasteiger partial charge is 0.373 e. The highest BCUT2D eigenvalue weighted by molar-refractivity contribution is 6.36. The van der Waals surface area contributed by atoms with Crippen LogP contribution in [0.1, 0.15) is 37.0 Å². The zero-order chi connectivity index (χ0) is 20.6. The molecule has 2 aromatic carbocycles. The van der Waals surface area contributed by atoms with Gasteiger partial charge in [-0.25, -0.2) is 4.39 Å². The lowest BCUT2D eigenvalue weighted by molar-refractivity contribution is 0.00696. The Hall–Kier alpha value is -1.66. The molecule has 1 N–H and O–H groups in total. The highest BCUT2D eigenvalue weighted by Gasteiger charge is 2.36. The molecular weight excluding hydrogens is 412 g/mol. The number of H-pyrrole nitrogens is 1. The van der Waals surface area contributed by atoms with Crippen LogP contribution in [0.2, 0.25) is 10.2 Å². The second-order valence-corrected chi connectivity index (χ2v) is 8.77. The van der Waals surface area contributed by atoms with Gasteiger partial charge in [-0.1, -0.05) is 35.3 Å². The van der Waals surface area contributed by atoms with Gasteiger partial charge in [-0.05, 0) is 69.7 Å². The van der Waals surface area contributed by atoms with E-state index in [1.54, 1.807) is 6.07 Å². The average molecular weight is 436 g/mol. The normalized spacial score (nSPS) is 18.2. The van der Waals surface area contributed by atoms with E-state index in [2.05, 4.69) is 22.1 Å². The summed E-state index contributed by atoms with van der Waals surface area (Å²) in [6.45, 7) is 4.51. The molecule has 29 heavy (non-hydrogen) atoms. The van der Waals surface area contributed by atoms with Crippen molar-refractivity contribution < 1.29 is 9.13 Å². The maximum Gasteiger partial charge on any atom is 0.158 e. The number of likely N-dealkylation sites (tertiary alicyclic amines) is 1. The minimum absolute atomic E-state index is 0.141. The van der Waals surface area contributed by atoms with Gasteiger partial charge in [-0.3, -0.25) is 5.10 Å². The molecule has 4 rings (SSSR count). The Balaban J connectivity index is 1.60. The van der Waals surface area contributed by atoms with E-state index >= 15 is 0 Å². The van der Waals surface area contributed by atoms with Crippen LogP contribution in [0.15, 0.2) is 36.4 Å². The molecule has 1 aliphatic heterocycles. The molecule has 1 aromatic heterocycles. The highest BCUT2D eigenvalue weighted by Crippen LogP contribution is 2.38. The van der Waals surface area contributed by atoms with E-state index < -0.39 is 0 Å². The molecule has 0 bridgehead atoms. The predicted molar refractivity (Wildman–Crippen MR) is 115 cm³/mol. The van der Waals surface area contributed by atoms with Crippen molar-refractivity contribution in [2.45, 2.75) is 31.3 Å². The van der Waals surface area contributed by atoms with Gasteiger partial charge in [0.1, 0.15) is 5.82 Å². The Labute approximate surface area is 179 Å². The van der Waals surface area contributed by atoms with Crippen molar-refractivity contribution in [1.29, 1.82) is 0 Å². The molecule has 4 nitrogen and oxygen atoms in total. The van der Waals surface area contributed by atoms with Crippen molar-refractivity contribution >= 4 is 34.1 Å². The molecule has 1 unspecified atom stereocenters. The molecule has 0 aliphatic carbocycles. The van der Waals surface area contributed by atoms with Crippen molar-refractivity contribution in [2.75, 3.05) is 26.7 Å². The number of fused-ring (bicyclic) bond motifs is 1. The second kappa shape index (κ2) is 8.23. The van der Waals surface area contributed by atoms with Gasteiger partial charge in [0.25, 0.3) is 0 Å². The van der Waals surface area contributed by atoms with Crippen molar-refractivity contribution in [3.05, 3.63) is 63.5 Å². The minimum Gasteiger partial charge on any atom is -0.373 e. The molecule has 1 aliphatic rings. The third-order valence-corrected chi connectivity index (χ3v) is 6.58. The molecule has 0 amide bonds. The summed E-state index contributed by atoms with van der Waals surface area (Å²) in [6.07, 6.45) is 1.72. The molecule has 1 fully saturated rings. The Morgan fingerprint density at radius 1 is 1.21 bits per heavy atom. The van der Waals surface area contributed by atoms with E-state index in [4.69, 9.17) is 27.9 Å². The fourth-order valence-electron chi connectivity index (χ4n) is 4.14. The molecular formula is C22H24Cl2FN3O. The van der Waals surface area contributed by atoms with Crippen LogP contribution in [0.25, 0.3) is 10.9 Å². The number of halogens is 3. The van der Waals surface area contributed by atoms with Crippen LogP contribution in [-0.2, 0) is 10.2 Å².